The van der Waals surface area contributed by atoms with E-state index in [4.69, 9.17) is 4.74 Å². The fourth-order valence-corrected chi connectivity index (χ4v) is 2.89. The Morgan fingerprint density at radius 2 is 2.10 bits per heavy atom. The van der Waals surface area contributed by atoms with Gasteiger partial charge in [0.1, 0.15) is 12.4 Å². The number of fused-ring (bicyclic) bond motifs is 1. The molecule has 0 fully saturated rings. The highest BCUT2D eigenvalue weighted by molar-refractivity contribution is 7.07. The minimum atomic E-state index is 0.515. The molecule has 0 saturated heterocycles. The van der Waals surface area contributed by atoms with Crippen molar-refractivity contribution in [1.82, 2.24) is 10.3 Å². The molecule has 0 bridgehead atoms. The Morgan fingerprint density at radius 3 is 2.90 bits per heavy atom. The van der Waals surface area contributed by atoms with Crippen LogP contribution in [0.15, 0.2) is 47.3 Å². The van der Waals surface area contributed by atoms with Crippen molar-refractivity contribution in [3.63, 3.8) is 0 Å². The van der Waals surface area contributed by atoms with Crippen LogP contribution in [-0.2, 0) is 13.2 Å². The number of hydrogen-bond donors (Lipinski definition) is 1. The van der Waals surface area contributed by atoms with Crippen LogP contribution in [0.4, 0.5) is 0 Å². The third kappa shape index (κ3) is 3.23. The number of nitrogens with zero attached hydrogens (tertiary/aromatic N) is 1. The van der Waals surface area contributed by atoms with Gasteiger partial charge in [0.15, 0.2) is 0 Å². The molecule has 3 rings (SSSR count). The molecule has 3 aromatic rings. The molecule has 0 aliphatic rings. The zero-order valence-electron chi connectivity index (χ0n) is 12.0. The topological polar surface area (TPSA) is 34.1 Å². The summed E-state index contributed by atoms with van der Waals surface area (Å²) in [4.78, 5) is 4.26. The van der Waals surface area contributed by atoms with E-state index >= 15 is 0 Å². The largest absolute Gasteiger partial charge is 0.487 e. The highest BCUT2D eigenvalue weighted by atomic mass is 32.1. The molecule has 108 valence electrons. The molecule has 1 aromatic heterocycles. The summed E-state index contributed by atoms with van der Waals surface area (Å²) in [7, 11) is 0. The van der Waals surface area contributed by atoms with Crippen LogP contribution in [0.2, 0.25) is 0 Å². The fourth-order valence-electron chi connectivity index (χ4n) is 2.34. The monoisotopic (exact) mass is 298 g/mol. The summed E-state index contributed by atoms with van der Waals surface area (Å²) in [6.45, 7) is 4.38. The molecule has 3 nitrogen and oxygen atoms in total. The molecule has 0 spiro atoms. The van der Waals surface area contributed by atoms with E-state index in [2.05, 4.69) is 53.6 Å². The van der Waals surface area contributed by atoms with Crippen molar-refractivity contribution in [1.29, 1.82) is 0 Å². The Hall–Kier alpha value is -1.91. The van der Waals surface area contributed by atoms with Gasteiger partial charge in [-0.05, 0) is 23.4 Å². The average molecular weight is 298 g/mol. The number of rotatable bonds is 6. The molecule has 0 aliphatic carbocycles. The molecule has 4 heteroatoms. The second kappa shape index (κ2) is 6.70. The molecule has 0 aliphatic heterocycles. The first-order valence-electron chi connectivity index (χ1n) is 7.09. The van der Waals surface area contributed by atoms with Gasteiger partial charge >= 0.3 is 0 Å². The average Bonchev–Trinajstić information content (AvgIpc) is 3.04. The zero-order valence-corrected chi connectivity index (χ0v) is 12.8. The van der Waals surface area contributed by atoms with E-state index in [0.717, 1.165) is 24.5 Å². The SMILES string of the molecule is CCNCc1c(OCc2cscn2)ccc2ccccc12. The van der Waals surface area contributed by atoms with Crippen molar-refractivity contribution in [2.24, 2.45) is 0 Å². The van der Waals surface area contributed by atoms with Crippen molar-refractivity contribution in [3.8, 4) is 5.75 Å². The lowest BCUT2D eigenvalue weighted by Gasteiger charge is -2.14. The van der Waals surface area contributed by atoms with Gasteiger partial charge < -0.3 is 10.1 Å². The quantitative estimate of drug-likeness (QED) is 0.747. The van der Waals surface area contributed by atoms with Crippen molar-refractivity contribution >= 4 is 22.1 Å². The van der Waals surface area contributed by atoms with Gasteiger partial charge in [-0.15, -0.1) is 11.3 Å². The van der Waals surface area contributed by atoms with Crippen LogP contribution in [-0.4, -0.2) is 11.5 Å². The summed E-state index contributed by atoms with van der Waals surface area (Å²) >= 11 is 1.59. The van der Waals surface area contributed by atoms with E-state index in [-0.39, 0.29) is 0 Å². The van der Waals surface area contributed by atoms with Crippen LogP contribution >= 0.6 is 11.3 Å². The van der Waals surface area contributed by atoms with Crippen molar-refractivity contribution in [2.45, 2.75) is 20.1 Å². The van der Waals surface area contributed by atoms with Gasteiger partial charge in [0, 0.05) is 17.5 Å². The second-order valence-electron chi connectivity index (χ2n) is 4.81. The third-order valence-corrected chi connectivity index (χ3v) is 4.04. The zero-order chi connectivity index (χ0) is 14.5. The van der Waals surface area contributed by atoms with Crippen molar-refractivity contribution in [3.05, 3.63) is 58.5 Å². The Balaban J connectivity index is 1.92. The molecule has 1 heterocycles. The molecule has 21 heavy (non-hydrogen) atoms. The molecule has 2 aromatic carbocycles. The Bertz CT molecular complexity index is 710. The van der Waals surface area contributed by atoms with Gasteiger partial charge in [0.05, 0.1) is 11.2 Å². The summed E-state index contributed by atoms with van der Waals surface area (Å²) in [6, 6.07) is 12.6. The molecule has 1 N–H and O–H groups in total. The lowest BCUT2D eigenvalue weighted by molar-refractivity contribution is 0.299. The van der Waals surface area contributed by atoms with E-state index in [1.54, 1.807) is 11.3 Å². The summed E-state index contributed by atoms with van der Waals surface area (Å²) in [6.07, 6.45) is 0. The lowest BCUT2D eigenvalue weighted by atomic mass is 10.0. The normalized spacial score (nSPS) is 10.9. The van der Waals surface area contributed by atoms with Crippen molar-refractivity contribution < 1.29 is 4.74 Å². The van der Waals surface area contributed by atoms with Crippen LogP contribution in [0.3, 0.4) is 0 Å². The molecular formula is C17H18N2OS. The van der Waals surface area contributed by atoms with E-state index < -0.39 is 0 Å². The molecule has 0 radical (unpaired) electrons. The van der Waals surface area contributed by atoms with Gasteiger partial charge in [0.2, 0.25) is 0 Å². The van der Waals surface area contributed by atoms with Gasteiger partial charge in [-0.1, -0.05) is 37.3 Å². The summed E-state index contributed by atoms with van der Waals surface area (Å²) < 4.78 is 5.99. The highest BCUT2D eigenvalue weighted by Crippen LogP contribution is 2.28. The molecular weight excluding hydrogens is 280 g/mol. The Morgan fingerprint density at radius 1 is 1.19 bits per heavy atom. The van der Waals surface area contributed by atoms with Crippen LogP contribution < -0.4 is 10.1 Å². The van der Waals surface area contributed by atoms with Gasteiger partial charge in [-0.3, -0.25) is 0 Å². The number of thiazole rings is 1. The number of nitrogens with one attached hydrogen (secondary N) is 1. The lowest BCUT2D eigenvalue weighted by Crippen LogP contribution is -2.13. The van der Waals surface area contributed by atoms with E-state index in [1.807, 2.05) is 10.9 Å². The molecule has 0 atom stereocenters. The first-order chi connectivity index (χ1) is 10.4. The van der Waals surface area contributed by atoms with Crippen LogP contribution in [0, 0.1) is 0 Å². The maximum absolute atomic E-state index is 5.99. The van der Waals surface area contributed by atoms with E-state index in [9.17, 15) is 0 Å². The Kier molecular flexibility index (Phi) is 4.48. The van der Waals surface area contributed by atoms with Crippen molar-refractivity contribution in [2.75, 3.05) is 6.54 Å². The number of aromatic nitrogens is 1. The first kappa shape index (κ1) is 14.0. The van der Waals surface area contributed by atoms with Gasteiger partial charge in [-0.25, -0.2) is 4.98 Å². The maximum Gasteiger partial charge on any atom is 0.131 e. The smallest absolute Gasteiger partial charge is 0.131 e. The predicted octanol–water partition coefficient (Wildman–Crippen LogP) is 3.98. The molecule has 0 unspecified atom stereocenters. The Labute approximate surface area is 128 Å². The van der Waals surface area contributed by atoms with Gasteiger partial charge in [0.25, 0.3) is 0 Å². The summed E-state index contributed by atoms with van der Waals surface area (Å²) in [5, 5.41) is 7.90. The highest BCUT2D eigenvalue weighted by Gasteiger charge is 2.09. The van der Waals surface area contributed by atoms with E-state index in [1.165, 1.54) is 16.3 Å². The summed E-state index contributed by atoms with van der Waals surface area (Å²) in [5.41, 5.74) is 4.02. The second-order valence-corrected chi connectivity index (χ2v) is 5.53. The minimum absolute atomic E-state index is 0.515. The predicted molar refractivity (Wildman–Crippen MR) is 87.8 cm³/mol. The minimum Gasteiger partial charge on any atom is -0.487 e. The van der Waals surface area contributed by atoms with Crippen LogP contribution in [0.25, 0.3) is 10.8 Å². The van der Waals surface area contributed by atoms with E-state index in [0.29, 0.717) is 6.61 Å². The molecule has 0 saturated carbocycles. The maximum atomic E-state index is 5.99. The first-order valence-corrected chi connectivity index (χ1v) is 8.04. The van der Waals surface area contributed by atoms with Crippen LogP contribution in [0.1, 0.15) is 18.2 Å². The standard InChI is InChI=1S/C17H18N2OS/c1-2-18-9-16-15-6-4-3-5-13(15)7-8-17(16)20-10-14-11-21-12-19-14/h3-8,11-12,18H,2,9-10H2,1H3. The van der Waals surface area contributed by atoms with Crippen LogP contribution in [0.5, 0.6) is 5.75 Å². The van der Waals surface area contributed by atoms with Gasteiger partial charge in [-0.2, -0.15) is 0 Å². The molecule has 0 amide bonds. The fraction of sp³-hybridized carbons (Fsp3) is 0.235. The summed E-state index contributed by atoms with van der Waals surface area (Å²) in [5.74, 6) is 0.933. The number of benzene rings is 2. The number of ether oxygens (including phenoxy) is 1. The number of hydrogen-bond acceptors (Lipinski definition) is 4. The third-order valence-electron chi connectivity index (χ3n) is 3.41.